The molecule has 1 aliphatic rings. The van der Waals surface area contributed by atoms with Crippen LogP contribution < -0.4 is 10.0 Å². The molecule has 0 saturated heterocycles. The van der Waals surface area contributed by atoms with E-state index in [0.29, 0.717) is 11.6 Å². The second-order valence-electron chi connectivity index (χ2n) is 6.84. The van der Waals surface area contributed by atoms with E-state index in [0.717, 1.165) is 32.1 Å². The molecule has 1 fully saturated rings. The van der Waals surface area contributed by atoms with Gasteiger partial charge in [0.1, 0.15) is 0 Å². The van der Waals surface area contributed by atoms with E-state index >= 15 is 0 Å². The third kappa shape index (κ3) is 5.97. The van der Waals surface area contributed by atoms with Crippen molar-refractivity contribution >= 4 is 27.5 Å². The van der Waals surface area contributed by atoms with Gasteiger partial charge in [-0.15, -0.1) is 0 Å². The highest BCUT2D eigenvalue weighted by Gasteiger charge is 2.27. The van der Waals surface area contributed by atoms with Crippen LogP contribution in [-0.2, 0) is 14.8 Å². The van der Waals surface area contributed by atoms with E-state index in [1.807, 2.05) is 6.92 Å². The molecule has 0 radical (unpaired) electrons. The molecular formula is C18H27ClN2O3S. The lowest BCUT2D eigenvalue weighted by Crippen LogP contribution is -2.39. The first-order valence-electron chi connectivity index (χ1n) is 8.87. The Hall–Kier alpha value is -1.11. The molecule has 0 aromatic heterocycles. The molecule has 0 bridgehead atoms. The Morgan fingerprint density at radius 2 is 1.80 bits per heavy atom. The molecule has 0 spiro atoms. The summed E-state index contributed by atoms with van der Waals surface area (Å²) in [6, 6.07) is 6.34. The van der Waals surface area contributed by atoms with Crippen LogP contribution >= 0.6 is 11.6 Å². The van der Waals surface area contributed by atoms with E-state index in [9.17, 15) is 13.2 Å². The topological polar surface area (TPSA) is 75.3 Å². The molecule has 0 heterocycles. The fraction of sp³-hybridized carbons (Fsp3) is 0.611. The van der Waals surface area contributed by atoms with Crippen LogP contribution in [0, 0.1) is 11.8 Å². The summed E-state index contributed by atoms with van der Waals surface area (Å²) in [5, 5.41) is 3.54. The first-order valence-corrected chi connectivity index (χ1v) is 10.7. The fourth-order valence-corrected chi connectivity index (χ4v) is 4.26. The fourth-order valence-electron chi connectivity index (χ4n) is 3.02. The van der Waals surface area contributed by atoms with Crippen molar-refractivity contribution in [1.82, 2.24) is 10.0 Å². The molecule has 2 N–H and O–H groups in total. The maximum atomic E-state index is 12.3. The zero-order valence-corrected chi connectivity index (χ0v) is 16.4. The number of carbonyl (C=O) groups is 1. The number of hydrogen-bond donors (Lipinski definition) is 2. The van der Waals surface area contributed by atoms with Crippen LogP contribution in [-0.4, -0.2) is 26.9 Å². The first-order chi connectivity index (χ1) is 11.8. The molecule has 1 saturated carbocycles. The zero-order chi connectivity index (χ0) is 18.4. The minimum atomic E-state index is -3.51. The Bertz CT molecular complexity index is 668. The van der Waals surface area contributed by atoms with Crippen LogP contribution in [0.25, 0.3) is 0 Å². The van der Waals surface area contributed by atoms with Crippen LogP contribution in [0.4, 0.5) is 0 Å². The van der Waals surface area contributed by atoms with Crippen LogP contribution in [0.15, 0.2) is 29.2 Å². The van der Waals surface area contributed by atoms with Gasteiger partial charge in [-0.1, -0.05) is 18.5 Å². The second kappa shape index (κ2) is 9.01. The summed E-state index contributed by atoms with van der Waals surface area (Å²) in [7, 11) is -3.51. The molecular weight excluding hydrogens is 360 g/mol. The Labute approximate surface area is 155 Å². The van der Waals surface area contributed by atoms with Gasteiger partial charge in [-0.3, -0.25) is 4.79 Å². The van der Waals surface area contributed by atoms with Gasteiger partial charge in [-0.25, -0.2) is 13.1 Å². The molecule has 1 aromatic rings. The molecule has 140 valence electrons. The lowest BCUT2D eigenvalue weighted by atomic mass is 9.81. The Balaban J connectivity index is 1.80. The van der Waals surface area contributed by atoms with Gasteiger partial charge in [0.05, 0.1) is 4.90 Å². The highest BCUT2D eigenvalue weighted by Crippen LogP contribution is 2.29. The lowest BCUT2D eigenvalue weighted by Gasteiger charge is -2.28. The number of rotatable bonds is 7. The third-order valence-electron chi connectivity index (χ3n) is 4.90. The average Bonchev–Trinajstić information content (AvgIpc) is 2.60. The molecule has 0 unspecified atom stereocenters. The van der Waals surface area contributed by atoms with Crippen molar-refractivity contribution in [3.8, 4) is 0 Å². The van der Waals surface area contributed by atoms with Crippen molar-refractivity contribution in [2.45, 2.75) is 56.9 Å². The molecule has 2 rings (SSSR count). The standard InChI is InChI=1S/C18H27ClN2O3S/c1-3-13(2)21-18(22)15-6-4-14(5-7-15)12-20-25(23,24)17-10-8-16(19)9-11-17/h8-11,13-15,20H,3-7,12H2,1-2H3,(H,21,22)/t13-,14?,15?/m0/s1. The molecule has 1 aliphatic carbocycles. The van der Waals surface area contributed by atoms with E-state index < -0.39 is 10.0 Å². The predicted molar refractivity (Wildman–Crippen MR) is 100.0 cm³/mol. The molecule has 5 nitrogen and oxygen atoms in total. The predicted octanol–water partition coefficient (Wildman–Crippen LogP) is 3.34. The normalized spacial score (nSPS) is 22.4. The van der Waals surface area contributed by atoms with Crippen LogP contribution in [0.1, 0.15) is 46.0 Å². The van der Waals surface area contributed by atoms with Crippen molar-refractivity contribution in [3.63, 3.8) is 0 Å². The van der Waals surface area contributed by atoms with E-state index in [2.05, 4.69) is 17.0 Å². The van der Waals surface area contributed by atoms with E-state index in [-0.39, 0.29) is 28.7 Å². The number of benzene rings is 1. The minimum absolute atomic E-state index is 0.0538. The van der Waals surface area contributed by atoms with Gasteiger partial charge in [0, 0.05) is 23.5 Å². The summed E-state index contributed by atoms with van der Waals surface area (Å²) < 4.78 is 27.3. The maximum Gasteiger partial charge on any atom is 0.240 e. The summed E-state index contributed by atoms with van der Waals surface area (Å²) in [5.74, 6) is 0.461. The third-order valence-corrected chi connectivity index (χ3v) is 6.60. The lowest BCUT2D eigenvalue weighted by molar-refractivity contribution is -0.126. The largest absolute Gasteiger partial charge is 0.353 e. The summed E-state index contributed by atoms with van der Waals surface area (Å²) in [6.07, 6.45) is 4.28. The van der Waals surface area contributed by atoms with Gasteiger partial charge in [-0.05, 0) is 69.2 Å². The smallest absolute Gasteiger partial charge is 0.240 e. The molecule has 1 aromatic carbocycles. The summed E-state index contributed by atoms with van der Waals surface area (Å²) >= 11 is 5.79. The quantitative estimate of drug-likeness (QED) is 0.754. The zero-order valence-electron chi connectivity index (χ0n) is 14.8. The van der Waals surface area contributed by atoms with Gasteiger partial charge in [-0.2, -0.15) is 0 Å². The molecule has 7 heteroatoms. The highest BCUT2D eigenvalue weighted by atomic mass is 35.5. The number of hydrogen-bond acceptors (Lipinski definition) is 3. The number of sulfonamides is 1. The summed E-state index contributed by atoms with van der Waals surface area (Å²) in [4.78, 5) is 12.4. The molecule has 1 atom stereocenters. The minimum Gasteiger partial charge on any atom is -0.353 e. The van der Waals surface area contributed by atoms with Gasteiger partial charge < -0.3 is 5.32 Å². The van der Waals surface area contributed by atoms with Crippen LogP contribution in [0.5, 0.6) is 0 Å². The highest BCUT2D eigenvalue weighted by molar-refractivity contribution is 7.89. The van der Waals surface area contributed by atoms with Gasteiger partial charge in [0.25, 0.3) is 0 Å². The van der Waals surface area contributed by atoms with E-state index in [1.54, 1.807) is 12.1 Å². The van der Waals surface area contributed by atoms with Crippen molar-refractivity contribution in [3.05, 3.63) is 29.3 Å². The first kappa shape index (κ1) is 20.2. The Morgan fingerprint density at radius 1 is 1.20 bits per heavy atom. The van der Waals surface area contributed by atoms with Crippen molar-refractivity contribution in [1.29, 1.82) is 0 Å². The van der Waals surface area contributed by atoms with Gasteiger partial charge in [0.15, 0.2) is 0 Å². The maximum absolute atomic E-state index is 12.3. The molecule has 0 aliphatic heterocycles. The van der Waals surface area contributed by atoms with Gasteiger partial charge >= 0.3 is 0 Å². The van der Waals surface area contributed by atoms with Gasteiger partial charge in [0.2, 0.25) is 15.9 Å². The number of nitrogens with one attached hydrogen (secondary N) is 2. The Morgan fingerprint density at radius 3 is 2.36 bits per heavy atom. The number of carbonyl (C=O) groups excluding carboxylic acids is 1. The van der Waals surface area contributed by atoms with Crippen LogP contribution in [0.3, 0.4) is 0 Å². The monoisotopic (exact) mass is 386 g/mol. The number of amides is 1. The SMILES string of the molecule is CC[C@H](C)NC(=O)C1CCC(CNS(=O)(=O)c2ccc(Cl)cc2)CC1. The Kier molecular flexibility index (Phi) is 7.28. The van der Waals surface area contributed by atoms with Crippen molar-refractivity contribution in [2.24, 2.45) is 11.8 Å². The second-order valence-corrected chi connectivity index (χ2v) is 9.04. The summed E-state index contributed by atoms with van der Waals surface area (Å²) in [5.41, 5.74) is 0. The van der Waals surface area contributed by atoms with E-state index in [4.69, 9.17) is 11.6 Å². The van der Waals surface area contributed by atoms with Crippen molar-refractivity contribution < 1.29 is 13.2 Å². The van der Waals surface area contributed by atoms with Crippen LogP contribution in [0.2, 0.25) is 5.02 Å². The number of halogens is 1. The average molecular weight is 387 g/mol. The summed E-state index contributed by atoms with van der Waals surface area (Å²) in [6.45, 7) is 4.47. The molecule has 1 amide bonds. The molecule has 25 heavy (non-hydrogen) atoms. The van der Waals surface area contributed by atoms with Crippen molar-refractivity contribution in [2.75, 3.05) is 6.54 Å². The van der Waals surface area contributed by atoms with E-state index in [1.165, 1.54) is 12.1 Å².